The number of benzene rings is 1. The molecular weight excluding hydrogens is 376 g/mol. The molecule has 0 spiro atoms. The number of nitrogens with zero attached hydrogens (tertiary/aromatic N) is 3. The Morgan fingerprint density at radius 3 is 2.70 bits per heavy atom. The molecule has 27 heavy (non-hydrogen) atoms. The molecule has 0 aliphatic rings. The van der Waals surface area contributed by atoms with E-state index in [1.807, 2.05) is 25.2 Å². The zero-order chi connectivity index (χ0) is 18.6. The molecule has 7 heteroatoms. The first kappa shape index (κ1) is 18.0. The average molecular weight is 397 g/mol. The smallest absolute Gasteiger partial charge is 0.231 e. The number of hydrogen-bond donors (Lipinski definition) is 1. The van der Waals surface area contributed by atoms with E-state index in [-0.39, 0.29) is 0 Å². The Morgan fingerprint density at radius 1 is 1.11 bits per heavy atom. The molecule has 4 aromatic rings. The number of thiazole rings is 1. The molecule has 0 fully saturated rings. The second kappa shape index (κ2) is 8.12. The Bertz CT molecular complexity index is 992. The molecule has 1 atom stereocenters. The molecule has 0 aliphatic heterocycles. The molecule has 0 radical (unpaired) electrons. The van der Waals surface area contributed by atoms with Crippen LogP contribution in [0.5, 0.6) is 0 Å². The summed E-state index contributed by atoms with van der Waals surface area (Å²) in [7, 11) is 1.93. The highest BCUT2D eigenvalue weighted by Crippen LogP contribution is 2.36. The second-order valence-electron chi connectivity index (χ2n) is 6.31. The van der Waals surface area contributed by atoms with Crippen LogP contribution in [0.25, 0.3) is 21.1 Å². The van der Waals surface area contributed by atoms with Gasteiger partial charge in [-0.1, -0.05) is 41.6 Å². The van der Waals surface area contributed by atoms with Gasteiger partial charge in [0.05, 0.1) is 17.0 Å². The number of hydrogen-bond acceptors (Lipinski definition) is 7. The van der Waals surface area contributed by atoms with Gasteiger partial charge >= 0.3 is 0 Å². The van der Waals surface area contributed by atoms with E-state index in [2.05, 4.69) is 52.0 Å². The second-order valence-corrected chi connectivity index (χ2v) is 8.34. The number of likely N-dealkylation sites (N-methyl/N-ethyl adjacent to an activating group) is 1. The lowest BCUT2D eigenvalue weighted by Crippen LogP contribution is -2.24. The molecule has 4 rings (SSSR count). The van der Waals surface area contributed by atoms with Crippen molar-refractivity contribution in [2.45, 2.75) is 25.8 Å². The van der Waals surface area contributed by atoms with Crippen molar-refractivity contribution in [2.75, 3.05) is 7.05 Å². The summed E-state index contributed by atoms with van der Waals surface area (Å²) in [6.45, 7) is 2.10. The minimum Gasteiger partial charge on any atom is -0.339 e. The first-order valence-electron chi connectivity index (χ1n) is 8.80. The number of thiophene rings is 1. The molecule has 1 aromatic carbocycles. The lowest BCUT2D eigenvalue weighted by Gasteiger charge is -2.04. The number of aromatic nitrogens is 3. The van der Waals surface area contributed by atoms with Gasteiger partial charge < -0.3 is 9.84 Å². The zero-order valence-corrected chi connectivity index (χ0v) is 16.8. The van der Waals surface area contributed by atoms with Gasteiger partial charge in [-0.15, -0.1) is 22.7 Å². The summed E-state index contributed by atoms with van der Waals surface area (Å²) in [6, 6.07) is 14.7. The maximum absolute atomic E-state index is 5.49. The van der Waals surface area contributed by atoms with Crippen molar-refractivity contribution < 1.29 is 4.52 Å². The van der Waals surface area contributed by atoms with E-state index in [1.54, 1.807) is 22.7 Å². The standard InChI is InChI=1S/C20H20N4OS2/c1-13(21-2)11-17-22-18(25-24-17)12-16-19(15-9-6-10-26-15)23-20(27-16)14-7-4-3-5-8-14/h3-10,13,21H,11-12H2,1-2H3. The van der Waals surface area contributed by atoms with Crippen molar-refractivity contribution in [2.24, 2.45) is 0 Å². The predicted octanol–water partition coefficient (Wildman–Crippen LogP) is 4.66. The lowest BCUT2D eigenvalue weighted by atomic mass is 10.2. The average Bonchev–Trinajstić information content (AvgIpc) is 3.43. The summed E-state index contributed by atoms with van der Waals surface area (Å²) in [5.74, 6) is 1.37. The van der Waals surface area contributed by atoms with Crippen LogP contribution in [0.1, 0.15) is 23.5 Å². The fourth-order valence-corrected chi connectivity index (χ4v) is 4.62. The van der Waals surface area contributed by atoms with Gasteiger partial charge in [0, 0.05) is 22.9 Å². The molecule has 5 nitrogen and oxygen atoms in total. The highest BCUT2D eigenvalue weighted by atomic mass is 32.1. The maximum atomic E-state index is 5.49. The van der Waals surface area contributed by atoms with E-state index in [1.165, 1.54) is 0 Å². The molecule has 0 bridgehead atoms. The topological polar surface area (TPSA) is 63.8 Å². The summed E-state index contributed by atoms with van der Waals surface area (Å²) in [6.07, 6.45) is 1.34. The van der Waals surface area contributed by atoms with Crippen molar-refractivity contribution >= 4 is 22.7 Å². The van der Waals surface area contributed by atoms with Gasteiger partial charge in [-0.2, -0.15) is 4.98 Å². The third-order valence-corrected chi connectivity index (χ3v) is 6.26. The van der Waals surface area contributed by atoms with Crippen LogP contribution in [-0.4, -0.2) is 28.2 Å². The Hall–Kier alpha value is -2.35. The SMILES string of the molecule is CNC(C)Cc1noc(Cc2sc(-c3ccccc3)nc2-c2cccs2)n1. The maximum Gasteiger partial charge on any atom is 0.231 e. The molecule has 3 heterocycles. The van der Waals surface area contributed by atoms with Gasteiger partial charge in [0.2, 0.25) is 5.89 Å². The van der Waals surface area contributed by atoms with Crippen LogP contribution < -0.4 is 5.32 Å². The molecule has 0 saturated heterocycles. The van der Waals surface area contributed by atoms with E-state index < -0.39 is 0 Å². The first-order valence-corrected chi connectivity index (χ1v) is 10.5. The Balaban J connectivity index is 1.64. The summed E-state index contributed by atoms with van der Waals surface area (Å²) >= 11 is 3.38. The third kappa shape index (κ3) is 4.16. The largest absolute Gasteiger partial charge is 0.339 e. The molecule has 1 unspecified atom stereocenters. The van der Waals surface area contributed by atoms with E-state index in [0.717, 1.165) is 38.3 Å². The van der Waals surface area contributed by atoms with E-state index in [0.29, 0.717) is 18.4 Å². The van der Waals surface area contributed by atoms with Crippen LogP contribution in [0.3, 0.4) is 0 Å². The van der Waals surface area contributed by atoms with E-state index in [9.17, 15) is 0 Å². The Labute approximate surface area is 166 Å². The van der Waals surface area contributed by atoms with Gasteiger partial charge in [0.1, 0.15) is 5.01 Å². The molecule has 1 N–H and O–H groups in total. The quantitative estimate of drug-likeness (QED) is 0.492. The minimum absolute atomic E-state index is 0.310. The van der Waals surface area contributed by atoms with Crippen LogP contribution in [-0.2, 0) is 12.8 Å². The van der Waals surface area contributed by atoms with E-state index >= 15 is 0 Å². The lowest BCUT2D eigenvalue weighted by molar-refractivity contribution is 0.378. The van der Waals surface area contributed by atoms with Crippen molar-refractivity contribution in [3.8, 4) is 21.1 Å². The van der Waals surface area contributed by atoms with Crippen LogP contribution >= 0.6 is 22.7 Å². The summed E-state index contributed by atoms with van der Waals surface area (Å²) in [5.41, 5.74) is 2.14. The number of nitrogens with one attached hydrogen (secondary N) is 1. The van der Waals surface area contributed by atoms with Crippen LogP contribution in [0, 0.1) is 0 Å². The molecule has 3 aromatic heterocycles. The van der Waals surface area contributed by atoms with E-state index in [4.69, 9.17) is 9.51 Å². The predicted molar refractivity (Wildman–Crippen MR) is 110 cm³/mol. The van der Waals surface area contributed by atoms with Crippen LogP contribution in [0.4, 0.5) is 0 Å². The first-order chi connectivity index (χ1) is 13.2. The Morgan fingerprint density at radius 2 is 1.96 bits per heavy atom. The number of rotatable bonds is 7. The van der Waals surface area contributed by atoms with Crippen LogP contribution in [0.2, 0.25) is 0 Å². The third-order valence-electron chi connectivity index (χ3n) is 4.28. The molecule has 0 aliphatic carbocycles. The van der Waals surface area contributed by atoms with Gasteiger partial charge in [-0.05, 0) is 25.4 Å². The summed E-state index contributed by atoms with van der Waals surface area (Å²) in [5, 5.41) is 10.4. The zero-order valence-electron chi connectivity index (χ0n) is 15.2. The van der Waals surface area contributed by atoms with Gasteiger partial charge in [-0.3, -0.25) is 0 Å². The van der Waals surface area contributed by atoms with Crippen molar-refractivity contribution in [1.82, 2.24) is 20.4 Å². The van der Waals surface area contributed by atoms with Crippen molar-refractivity contribution in [3.05, 3.63) is 64.4 Å². The molecule has 138 valence electrons. The molecular formula is C20H20N4OS2. The summed E-state index contributed by atoms with van der Waals surface area (Å²) in [4.78, 5) is 11.8. The van der Waals surface area contributed by atoms with Crippen molar-refractivity contribution in [3.63, 3.8) is 0 Å². The molecule has 0 saturated carbocycles. The monoisotopic (exact) mass is 396 g/mol. The van der Waals surface area contributed by atoms with Gasteiger partial charge in [0.25, 0.3) is 0 Å². The Kier molecular flexibility index (Phi) is 5.42. The fourth-order valence-electron chi connectivity index (χ4n) is 2.74. The highest BCUT2D eigenvalue weighted by molar-refractivity contribution is 7.17. The van der Waals surface area contributed by atoms with Crippen LogP contribution in [0.15, 0.2) is 52.4 Å². The normalized spacial score (nSPS) is 12.4. The fraction of sp³-hybridized carbons (Fsp3) is 0.250. The minimum atomic E-state index is 0.310. The molecule has 0 amide bonds. The van der Waals surface area contributed by atoms with Gasteiger partial charge in [-0.25, -0.2) is 4.98 Å². The highest BCUT2D eigenvalue weighted by Gasteiger charge is 2.18. The van der Waals surface area contributed by atoms with Crippen molar-refractivity contribution in [1.29, 1.82) is 0 Å². The summed E-state index contributed by atoms with van der Waals surface area (Å²) < 4.78 is 5.49. The van der Waals surface area contributed by atoms with Gasteiger partial charge in [0.15, 0.2) is 5.82 Å².